The van der Waals surface area contributed by atoms with Gasteiger partial charge in [0, 0.05) is 13.2 Å². The first-order chi connectivity index (χ1) is 9.80. The number of hydrogen-bond acceptors (Lipinski definition) is 2. The van der Waals surface area contributed by atoms with E-state index in [4.69, 9.17) is 11.2 Å². The van der Waals surface area contributed by atoms with Gasteiger partial charge in [-0.15, -0.1) is 6.42 Å². The average molecular weight is 273 g/mol. The van der Waals surface area contributed by atoms with Gasteiger partial charge in [0.1, 0.15) is 0 Å². The highest BCUT2D eigenvalue weighted by Gasteiger charge is 1.97. The summed E-state index contributed by atoms with van der Waals surface area (Å²) in [5, 5.41) is 6.21. The molecule has 0 aliphatic rings. The molecule has 0 aliphatic heterocycles. The summed E-state index contributed by atoms with van der Waals surface area (Å²) in [6, 6.07) is 8.29. The second-order valence-corrected chi connectivity index (χ2v) is 4.21. The third-order valence-electron chi connectivity index (χ3n) is 2.62. The van der Waals surface area contributed by atoms with Crippen molar-refractivity contribution in [3.05, 3.63) is 35.4 Å². The van der Waals surface area contributed by atoms with Crippen molar-refractivity contribution < 1.29 is 4.74 Å². The number of guanidine groups is 1. The molecule has 0 unspecified atom stereocenters. The fourth-order valence-corrected chi connectivity index (χ4v) is 1.61. The maximum absolute atomic E-state index is 5.37. The van der Waals surface area contributed by atoms with Gasteiger partial charge in [-0.3, -0.25) is 0 Å². The number of benzene rings is 1. The molecule has 4 heteroatoms. The summed E-state index contributed by atoms with van der Waals surface area (Å²) in [7, 11) is 0. The second-order valence-electron chi connectivity index (χ2n) is 4.21. The van der Waals surface area contributed by atoms with Gasteiger partial charge in [0.05, 0.1) is 19.7 Å². The Balaban J connectivity index is 2.55. The van der Waals surface area contributed by atoms with Gasteiger partial charge in [-0.25, -0.2) is 4.99 Å². The predicted molar refractivity (Wildman–Crippen MR) is 83.4 cm³/mol. The molecule has 1 rings (SSSR count). The van der Waals surface area contributed by atoms with Gasteiger partial charge >= 0.3 is 0 Å². The van der Waals surface area contributed by atoms with E-state index in [0.717, 1.165) is 24.7 Å². The van der Waals surface area contributed by atoms with E-state index in [9.17, 15) is 0 Å². The summed E-state index contributed by atoms with van der Waals surface area (Å²) < 4.78 is 5.37. The zero-order valence-electron chi connectivity index (χ0n) is 12.3. The molecule has 0 fully saturated rings. The lowest BCUT2D eigenvalue weighted by molar-refractivity contribution is 0.134. The standard InChI is InChI=1S/C16H23N3O/c1-4-11-18-16(17-5-2)19-12-14-7-9-15(10-8-14)13-20-6-3/h1,7-10H,5-6,11-13H2,2-3H3,(H2,17,18,19). The monoisotopic (exact) mass is 273 g/mol. The zero-order valence-corrected chi connectivity index (χ0v) is 12.3. The average Bonchev–Trinajstić information content (AvgIpc) is 2.49. The summed E-state index contributed by atoms with van der Waals surface area (Å²) in [5.74, 6) is 3.28. The molecule has 0 bridgehead atoms. The first kappa shape index (κ1) is 16.1. The van der Waals surface area contributed by atoms with Gasteiger partial charge in [0.15, 0.2) is 5.96 Å². The maximum Gasteiger partial charge on any atom is 0.192 e. The summed E-state index contributed by atoms with van der Waals surface area (Å²) >= 11 is 0. The zero-order chi connectivity index (χ0) is 14.6. The number of aliphatic imine (C=N–C) groups is 1. The summed E-state index contributed by atoms with van der Waals surface area (Å²) in [6.07, 6.45) is 5.23. The van der Waals surface area contributed by atoms with Crippen LogP contribution in [0.15, 0.2) is 29.3 Å². The van der Waals surface area contributed by atoms with E-state index in [0.29, 0.717) is 19.7 Å². The SMILES string of the molecule is C#CCNC(=NCc1ccc(COCC)cc1)NCC. The van der Waals surface area contributed by atoms with Crippen LogP contribution >= 0.6 is 0 Å². The predicted octanol–water partition coefficient (Wildman–Crippen LogP) is 1.91. The van der Waals surface area contributed by atoms with Crippen molar-refractivity contribution in [3.63, 3.8) is 0 Å². The Morgan fingerprint density at radius 2 is 1.90 bits per heavy atom. The number of rotatable bonds is 7. The minimum absolute atomic E-state index is 0.471. The molecule has 20 heavy (non-hydrogen) atoms. The van der Waals surface area contributed by atoms with Crippen LogP contribution in [0, 0.1) is 12.3 Å². The molecule has 0 saturated heterocycles. The largest absolute Gasteiger partial charge is 0.377 e. The van der Waals surface area contributed by atoms with Crippen LogP contribution in [-0.4, -0.2) is 25.7 Å². The van der Waals surface area contributed by atoms with Gasteiger partial charge in [-0.2, -0.15) is 0 Å². The molecule has 108 valence electrons. The molecule has 0 aromatic heterocycles. The Hall–Kier alpha value is -1.99. The minimum atomic E-state index is 0.471. The van der Waals surface area contributed by atoms with Crippen LogP contribution in [0.1, 0.15) is 25.0 Å². The summed E-state index contributed by atoms with van der Waals surface area (Å²) in [5.41, 5.74) is 2.33. The van der Waals surface area contributed by atoms with E-state index in [-0.39, 0.29) is 0 Å². The fourth-order valence-electron chi connectivity index (χ4n) is 1.61. The lowest BCUT2D eigenvalue weighted by Crippen LogP contribution is -2.37. The molecule has 1 aromatic rings. The van der Waals surface area contributed by atoms with Crippen molar-refractivity contribution in [2.45, 2.75) is 27.0 Å². The molecule has 2 N–H and O–H groups in total. The van der Waals surface area contributed by atoms with Gasteiger partial charge in [-0.1, -0.05) is 30.2 Å². The number of hydrogen-bond donors (Lipinski definition) is 2. The van der Waals surface area contributed by atoms with Crippen LogP contribution in [0.5, 0.6) is 0 Å². The normalized spacial score (nSPS) is 10.9. The van der Waals surface area contributed by atoms with Crippen molar-refractivity contribution in [1.29, 1.82) is 0 Å². The number of nitrogens with zero attached hydrogens (tertiary/aromatic N) is 1. The van der Waals surface area contributed by atoms with E-state index in [2.05, 4.69) is 45.8 Å². The van der Waals surface area contributed by atoms with Gasteiger partial charge < -0.3 is 15.4 Å². The molecule has 0 radical (unpaired) electrons. The van der Waals surface area contributed by atoms with Gasteiger partial charge in [0.2, 0.25) is 0 Å². The molecular formula is C16H23N3O. The van der Waals surface area contributed by atoms with Crippen molar-refractivity contribution in [2.24, 2.45) is 4.99 Å². The van der Waals surface area contributed by atoms with E-state index in [1.807, 2.05) is 13.8 Å². The van der Waals surface area contributed by atoms with Crippen molar-refractivity contribution >= 4 is 5.96 Å². The summed E-state index contributed by atoms with van der Waals surface area (Å²) in [4.78, 5) is 4.48. The van der Waals surface area contributed by atoms with Crippen LogP contribution < -0.4 is 10.6 Å². The molecule has 0 saturated carbocycles. The van der Waals surface area contributed by atoms with Gasteiger partial charge in [-0.05, 0) is 25.0 Å². The third kappa shape index (κ3) is 6.26. The molecule has 0 atom stereocenters. The molecule has 0 amide bonds. The van der Waals surface area contributed by atoms with Crippen LogP contribution in [-0.2, 0) is 17.9 Å². The second kappa shape index (κ2) is 9.88. The molecular weight excluding hydrogens is 250 g/mol. The van der Waals surface area contributed by atoms with E-state index in [1.165, 1.54) is 5.56 Å². The van der Waals surface area contributed by atoms with Crippen molar-refractivity contribution in [1.82, 2.24) is 10.6 Å². The maximum atomic E-state index is 5.37. The summed E-state index contributed by atoms with van der Waals surface area (Å²) in [6.45, 7) is 7.31. The van der Waals surface area contributed by atoms with Crippen molar-refractivity contribution in [3.8, 4) is 12.3 Å². The Bertz CT molecular complexity index is 446. The highest BCUT2D eigenvalue weighted by atomic mass is 16.5. The molecule has 4 nitrogen and oxygen atoms in total. The topological polar surface area (TPSA) is 45.7 Å². The molecule has 1 aromatic carbocycles. The Labute approximate surface area is 121 Å². The van der Waals surface area contributed by atoms with Crippen molar-refractivity contribution in [2.75, 3.05) is 19.7 Å². The van der Waals surface area contributed by atoms with Crippen LogP contribution in [0.4, 0.5) is 0 Å². The number of nitrogens with one attached hydrogen (secondary N) is 2. The van der Waals surface area contributed by atoms with Crippen LogP contribution in [0.2, 0.25) is 0 Å². The number of terminal acetylenes is 1. The molecule has 0 heterocycles. The lowest BCUT2D eigenvalue weighted by atomic mass is 10.1. The fraction of sp³-hybridized carbons (Fsp3) is 0.438. The lowest BCUT2D eigenvalue weighted by Gasteiger charge is -2.09. The third-order valence-corrected chi connectivity index (χ3v) is 2.62. The Morgan fingerprint density at radius 3 is 2.50 bits per heavy atom. The Morgan fingerprint density at radius 1 is 1.20 bits per heavy atom. The molecule has 0 aliphatic carbocycles. The quantitative estimate of drug-likeness (QED) is 0.453. The Kier molecular flexibility index (Phi) is 7.93. The molecule has 0 spiro atoms. The first-order valence-electron chi connectivity index (χ1n) is 6.91. The van der Waals surface area contributed by atoms with E-state index < -0.39 is 0 Å². The van der Waals surface area contributed by atoms with Crippen LogP contribution in [0.25, 0.3) is 0 Å². The smallest absolute Gasteiger partial charge is 0.192 e. The minimum Gasteiger partial charge on any atom is -0.377 e. The van der Waals surface area contributed by atoms with E-state index in [1.54, 1.807) is 0 Å². The van der Waals surface area contributed by atoms with Crippen LogP contribution in [0.3, 0.4) is 0 Å². The van der Waals surface area contributed by atoms with Gasteiger partial charge in [0.25, 0.3) is 0 Å². The highest BCUT2D eigenvalue weighted by molar-refractivity contribution is 5.79. The van der Waals surface area contributed by atoms with E-state index >= 15 is 0 Å². The first-order valence-corrected chi connectivity index (χ1v) is 6.91. The highest BCUT2D eigenvalue weighted by Crippen LogP contribution is 2.06. The number of ether oxygens (including phenoxy) is 1.